The van der Waals surface area contributed by atoms with Crippen LogP contribution in [-0.2, 0) is 9.53 Å². The first kappa shape index (κ1) is 24.4. The Morgan fingerprint density at radius 2 is 1.28 bits per heavy atom. The highest BCUT2D eigenvalue weighted by Gasteiger charge is 2.07. The van der Waals surface area contributed by atoms with E-state index in [2.05, 4.69) is 6.92 Å². The van der Waals surface area contributed by atoms with Crippen molar-refractivity contribution >= 4 is 5.97 Å². The van der Waals surface area contributed by atoms with E-state index >= 15 is 0 Å². The van der Waals surface area contributed by atoms with Crippen LogP contribution in [-0.4, -0.2) is 23.8 Å². The molecule has 1 N–H and O–H groups in total. The summed E-state index contributed by atoms with van der Waals surface area (Å²) in [5, 5.41) is 10.00. The van der Waals surface area contributed by atoms with Gasteiger partial charge in [-0.2, -0.15) is 0 Å². The van der Waals surface area contributed by atoms with Crippen molar-refractivity contribution in [3.8, 4) is 0 Å². The van der Waals surface area contributed by atoms with Gasteiger partial charge in [-0.1, -0.05) is 91.4 Å². The quantitative estimate of drug-likeness (QED) is 0.228. The van der Waals surface area contributed by atoms with Crippen LogP contribution in [0, 0.1) is 5.92 Å². The summed E-state index contributed by atoms with van der Waals surface area (Å²) in [4.78, 5) is 11.5. The highest BCUT2D eigenvalue weighted by molar-refractivity contribution is 5.69. The van der Waals surface area contributed by atoms with E-state index in [1.807, 2.05) is 13.8 Å². The van der Waals surface area contributed by atoms with E-state index in [-0.39, 0.29) is 12.1 Å². The monoisotopic (exact) mass is 356 g/mol. The lowest BCUT2D eigenvalue weighted by molar-refractivity contribution is -0.144. The molecular formula is C22H44O3. The van der Waals surface area contributed by atoms with E-state index in [9.17, 15) is 9.90 Å². The fraction of sp³-hybridized carbons (Fsp3) is 0.955. The Kier molecular flexibility index (Phi) is 17.8. The summed E-state index contributed by atoms with van der Waals surface area (Å²) >= 11 is 0. The van der Waals surface area contributed by atoms with Crippen LogP contribution in [0.3, 0.4) is 0 Å². The molecule has 0 spiro atoms. The zero-order valence-electron chi connectivity index (χ0n) is 17.2. The van der Waals surface area contributed by atoms with Gasteiger partial charge in [-0.15, -0.1) is 0 Å². The predicted molar refractivity (Wildman–Crippen MR) is 107 cm³/mol. The Morgan fingerprint density at radius 1 is 0.800 bits per heavy atom. The SMILES string of the molecule is CCCCCCCCCCCCC(O)CCCCC(=O)OCC(C)C. The van der Waals surface area contributed by atoms with Crippen LogP contribution in [0.5, 0.6) is 0 Å². The summed E-state index contributed by atoms with van der Waals surface area (Å²) in [5.41, 5.74) is 0. The Balaban J connectivity index is 3.28. The first-order chi connectivity index (χ1) is 12.1. The molecule has 0 aromatic rings. The number of carbonyl (C=O) groups is 1. The smallest absolute Gasteiger partial charge is 0.305 e. The van der Waals surface area contributed by atoms with Crippen LogP contribution in [0.25, 0.3) is 0 Å². The summed E-state index contributed by atoms with van der Waals surface area (Å²) < 4.78 is 5.15. The minimum atomic E-state index is -0.194. The highest BCUT2D eigenvalue weighted by Crippen LogP contribution is 2.14. The van der Waals surface area contributed by atoms with E-state index in [0.29, 0.717) is 18.9 Å². The van der Waals surface area contributed by atoms with Gasteiger partial charge in [0.15, 0.2) is 0 Å². The van der Waals surface area contributed by atoms with Gasteiger partial charge in [-0.25, -0.2) is 0 Å². The van der Waals surface area contributed by atoms with Crippen LogP contribution in [0.2, 0.25) is 0 Å². The molecule has 0 amide bonds. The topological polar surface area (TPSA) is 46.5 Å². The standard InChI is InChI=1S/C22H44O3/c1-4-5-6-7-8-9-10-11-12-13-16-21(23)17-14-15-18-22(24)25-19-20(2)3/h20-21,23H,4-19H2,1-3H3. The van der Waals surface area contributed by atoms with Gasteiger partial charge in [0.05, 0.1) is 12.7 Å². The highest BCUT2D eigenvalue weighted by atomic mass is 16.5. The van der Waals surface area contributed by atoms with Crippen LogP contribution in [0.1, 0.15) is 117 Å². The number of ether oxygens (including phenoxy) is 1. The van der Waals surface area contributed by atoms with Crippen molar-refractivity contribution in [2.45, 2.75) is 123 Å². The molecule has 0 heterocycles. The second-order valence-electron chi connectivity index (χ2n) is 7.95. The molecular weight excluding hydrogens is 312 g/mol. The van der Waals surface area contributed by atoms with E-state index in [0.717, 1.165) is 32.1 Å². The molecule has 25 heavy (non-hydrogen) atoms. The lowest BCUT2D eigenvalue weighted by Crippen LogP contribution is -2.10. The van der Waals surface area contributed by atoms with Crippen molar-refractivity contribution in [3.63, 3.8) is 0 Å². The first-order valence-corrected chi connectivity index (χ1v) is 10.9. The predicted octanol–water partition coefficient (Wildman–Crippen LogP) is 6.42. The van der Waals surface area contributed by atoms with E-state index in [1.165, 1.54) is 57.8 Å². The molecule has 0 saturated heterocycles. The number of aliphatic hydroxyl groups is 1. The molecule has 3 heteroatoms. The fourth-order valence-electron chi connectivity index (χ4n) is 2.99. The van der Waals surface area contributed by atoms with Crippen LogP contribution < -0.4 is 0 Å². The van der Waals surface area contributed by atoms with Gasteiger partial charge in [0.2, 0.25) is 0 Å². The van der Waals surface area contributed by atoms with Crippen LogP contribution in [0.15, 0.2) is 0 Å². The van der Waals surface area contributed by atoms with Gasteiger partial charge in [0, 0.05) is 6.42 Å². The molecule has 1 atom stereocenters. The van der Waals surface area contributed by atoms with Crippen molar-refractivity contribution in [2.75, 3.05) is 6.61 Å². The molecule has 3 nitrogen and oxygen atoms in total. The lowest BCUT2D eigenvalue weighted by Gasteiger charge is -2.10. The molecule has 150 valence electrons. The molecule has 0 aliphatic carbocycles. The minimum absolute atomic E-state index is 0.0992. The molecule has 0 aliphatic rings. The number of unbranched alkanes of at least 4 members (excludes halogenated alkanes) is 10. The average molecular weight is 357 g/mol. The van der Waals surface area contributed by atoms with Gasteiger partial charge in [0.25, 0.3) is 0 Å². The Bertz CT molecular complexity index is 289. The molecule has 0 bridgehead atoms. The number of aliphatic hydroxyl groups excluding tert-OH is 1. The van der Waals surface area contributed by atoms with Crippen LogP contribution >= 0.6 is 0 Å². The lowest BCUT2D eigenvalue weighted by atomic mass is 10.0. The Hall–Kier alpha value is -0.570. The molecule has 0 aromatic carbocycles. The minimum Gasteiger partial charge on any atom is -0.465 e. The second-order valence-corrected chi connectivity index (χ2v) is 7.95. The number of hydrogen-bond acceptors (Lipinski definition) is 3. The summed E-state index contributed by atoms with van der Waals surface area (Å²) in [6.07, 6.45) is 17.1. The van der Waals surface area contributed by atoms with Crippen LogP contribution in [0.4, 0.5) is 0 Å². The maximum atomic E-state index is 11.5. The summed E-state index contributed by atoms with van der Waals surface area (Å²) in [6.45, 7) is 6.85. The summed E-state index contributed by atoms with van der Waals surface area (Å²) in [7, 11) is 0. The van der Waals surface area contributed by atoms with Crippen molar-refractivity contribution in [3.05, 3.63) is 0 Å². The van der Waals surface area contributed by atoms with E-state index in [1.54, 1.807) is 0 Å². The van der Waals surface area contributed by atoms with Crippen molar-refractivity contribution in [1.29, 1.82) is 0 Å². The largest absolute Gasteiger partial charge is 0.465 e. The van der Waals surface area contributed by atoms with Gasteiger partial charge >= 0.3 is 5.97 Å². The first-order valence-electron chi connectivity index (χ1n) is 10.9. The molecule has 0 rings (SSSR count). The normalized spacial score (nSPS) is 12.5. The molecule has 0 radical (unpaired) electrons. The number of hydrogen-bond donors (Lipinski definition) is 1. The van der Waals surface area contributed by atoms with Crippen molar-refractivity contribution < 1.29 is 14.6 Å². The van der Waals surface area contributed by atoms with Crippen molar-refractivity contribution in [1.82, 2.24) is 0 Å². The van der Waals surface area contributed by atoms with Crippen molar-refractivity contribution in [2.24, 2.45) is 5.92 Å². The second kappa shape index (κ2) is 18.2. The number of esters is 1. The molecule has 0 aliphatic heterocycles. The third-order valence-corrected chi connectivity index (χ3v) is 4.64. The number of carbonyl (C=O) groups excluding carboxylic acids is 1. The third kappa shape index (κ3) is 19.6. The maximum absolute atomic E-state index is 11.5. The fourth-order valence-corrected chi connectivity index (χ4v) is 2.99. The van der Waals surface area contributed by atoms with E-state index in [4.69, 9.17) is 4.74 Å². The number of rotatable bonds is 18. The van der Waals surface area contributed by atoms with E-state index < -0.39 is 0 Å². The molecule has 1 unspecified atom stereocenters. The van der Waals surface area contributed by atoms with Gasteiger partial charge in [0.1, 0.15) is 0 Å². The summed E-state index contributed by atoms with van der Waals surface area (Å²) in [6, 6.07) is 0. The zero-order chi connectivity index (χ0) is 18.8. The maximum Gasteiger partial charge on any atom is 0.305 e. The molecule has 0 saturated carbocycles. The third-order valence-electron chi connectivity index (χ3n) is 4.64. The Labute approximate surface area is 156 Å². The average Bonchev–Trinajstić information content (AvgIpc) is 2.58. The molecule has 0 aromatic heterocycles. The molecule has 0 fully saturated rings. The van der Waals surface area contributed by atoms with Gasteiger partial charge < -0.3 is 9.84 Å². The summed E-state index contributed by atoms with van der Waals surface area (Å²) in [5.74, 6) is 0.296. The van der Waals surface area contributed by atoms with Gasteiger partial charge in [-0.05, 0) is 25.2 Å². The Morgan fingerprint density at radius 3 is 1.80 bits per heavy atom. The van der Waals surface area contributed by atoms with Gasteiger partial charge in [-0.3, -0.25) is 4.79 Å². The zero-order valence-corrected chi connectivity index (χ0v) is 17.2.